The predicted octanol–water partition coefficient (Wildman–Crippen LogP) is 2.99. The maximum absolute atomic E-state index is 12.6. The third-order valence-electron chi connectivity index (χ3n) is 4.61. The Labute approximate surface area is 164 Å². The highest BCUT2D eigenvalue weighted by Gasteiger charge is 2.28. The molecule has 7 nitrogen and oxygen atoms in total. The molecule has 0 unspecified atom stereocenters. The number of rotatable bonds is 6. The van der Waals surface area contributed by atoms with Crippen LogP contribution >= 0.6 is 0 Å². The van der Waals surface area contributed by atoms with Gasteiger partial charge in [-0.1, -0.05) is 47.6 Å². The van der Waals surface area contributed by atoms with Crippen molar-refractivity contribution >= 4 is 26.7 Å². The van der Waals surface area contributed by atoms with Gasteiger partial charge in [-0.25, -0.2) is 8.42 Å². The van der Waals surface area contributed by atoms with E-state index in [1.807, 2.05) is 49.4 Å². The lowest BCUT2D eigenvalue weighted by molar-refractivity contribution is -0.123. The molecule has 0 aliphatic carbocycles. The molecule has 0 fully saturated rings. The number of amides is 1. The summed E-state index contributed by atoms with van der Waals surface area (Å²) in [6.07, 6.45) is 0. The fourth-order valence-corrected chi connectivity index (χ4v) is 4.78. The molecule has 28 heavy (non-hydrogen) atoms. The lowest BCUT2D eigenvalue weighted by atomic mass is 9.99. The first kappa shape index (κ1) is 20.0. The summed E-state index contributed by atoms with van der Waals surface area (Å²) in [5, 5.41) is 8.66. The fourth-order valence-electron chi connectivity index (χ4n) is 3.25. The Hall–Kier alpha value is -2.71. The number of aromatic nitrogens is 1. The molecule has 0 aliphatic rings. The molecule has 148 valence electrons. The number of hydrogen-bond donors (Lipinski definition) is 2. The Morgan fingerprint density at radius 2 is 1.75 bits per heavy atom. The van der Waals surface area contributed by atoms with Gasteiger partial charge in [-0.2, -0.15) is 4.72 Å². The van der Waals surface area contributed by atoms with Gasteiger partial charge in [-0.05, 0) is 44.0 Å². The Morgan fingerprint density at radius 1 is 1.07 bits per heavy atom. The molecule has 1 heterocycles. The predicted molar refractivity (Wildman–Crippen MR) is 106 cm³/mol. The molecule has 1 aromatic heterocycles. The molecule has 1 amide bonds. The van der Waals surface area contributed by atoms with E-state index >= 15 is 0 Å². The molecule has 0 bridgehead atoms. The van der Waals surface area contributed by atoms with E-state index in [1.165, 1.54) is 13.8 Å². The van der Waals surface area contributed by atoms with Gasteiger partial charge >= 0.3 is 0 Å². The van der Waals surface area contributed by atoms with Crippen LogP contribution in [-0.4, -0.2) is 25.5 Å². The van der Waals surface area contributed by atoms with Crippen molar-refractivity contribution in [1.82, 2.24) is 15.2 Å². The van der Waals surface area contributed by atoms with Crippen molar-refractivity contribution in [2.45, 2.75) is 44.7 Å². The van der Waals surface area contributed by atoms with Crippen LogP contribution in [-0.2, 0) is 14.8 Å². The first-order chi connectivity index (χ1) is 13.2. The standard InChI is InChI=1S/C20H23N3O4S/c1-12(17-11-7-9-16-8-5-6-10-18(16)17)21-20(24)14(3)23-28(25,26)19-13(2)22-27-15(19)4/h5-12,14,23H,1-4H3,(H,21,24)/t12-,14-/m0/s1. The molecule has 2 aromatic carbocycles. The van der Waals surface area contributed by atoms with E-state index in [4.69, 9.17) is 4.52 Å². The minimum Gasteiger partial charge on any atom is -0.360 e. The first-order valence-electron chi connectivity index (χ1n) is 8.94. The van der Waals surface area contributed by atoms with Crippen LogP contribution in [0.25, 0.3) is 10.8 Å². The van der Waals surface area contributed by atoms with E-state index < -0.39 is 22.0 Å². The maximum Gasteiger partial charge on any atom is 0.246 e. The molecular formula is C20H23N3O4S. The molecule has 0 spiro atoms. The van der Waals surface area contributed by atoms with Gasteiger partial charge in [0.25, 0.3) is 0 Å². The molecule has 3 aromatic rings. The molecular weight excluding hydrogens is 378 g/mol. The average molecular weight is 401 g/mol. The maximum atomic E-state index is 12.6. The monoisotopic (exact) mass is 401 g/mol. The summed E-state index contributed by atoms with van der Waals surface area (Å²) in [7, 11) is -3.92. The van der Waals surface area contributed by atoms with Crippen molar-refractivity contribution in [3.63, 3.8) is 0 Å². The molecule has 0 saturated carbocycles. The van der Waals surface area contributed by atoms with Crippen LogP contribution in [0.5, 0.6) is 0 Å². The third-order valence-corrected chi connectivity index (χ3v) is 6.39. The largest absolute Gasteiger partial charge is 0.360 e. The average Bonchev–Trinajstić information content (AvgIpc) is 2.99. The minimum atomic E-state index is -3.92. The van der Waals surface area contributed by atoms with Crippen molar-refractivity contribution in [3.05, 3.63) is 59.5 Å². The van der Waals surface area contributed by atoms with Gasteiger partial charge in [0.1, 0.15) is 10.6 Å². The van der Waals surface area contributed by atoms with E-state index in [0.717, 1.165) is 16.3 Å². The summed E-state index contributed by atoms with van der Waals surface area (Å²) in [4.78, 5) is 12.6. The number of nitrogens with one attached hydrogen (secondary N) is 2. The number of aryl methyl sites for hydroxylation is 2. The summed E-state index contributed by atoms with van der Waals surface area (Å²) in [6.45, 7) is 6.43. The van der Waals surface area contributed by atoms with E-state index in [2.05, 4.69) is 15.2 Å². The number of nitrogens with zero attached hydrogens (tertiary/aromatic N) is 1. The zero-order chi connectivity index (χ0) is 20.5. The number of hydrogen-bond acceptors (Lipinski definition) is 5. The topological polar surface area (TPSA) is 101 Å². The Morgan fingerprint density at radius 3 is 2.43 bits per heavy atom. The summed E-state index contributed by atoms with van der Waals surface area (Å²) in [5.41, 5.74) is 1.22. The number of carbonyl (C=O) groups is 1. The number of fused-ring (bicyclic) bond motifs is 1. The number of sulfonamides is 1. The van der Waals surface area contributed by atoms with E-state index in [9.17, 15) is 13.2 Å². The number of carbonyl (C=O) groups excluding carboxylic acids is 1. The van der Waals surface area contributed by atoms with Crippen LogP contribution in [0.2, 0.25) is 0 Å². The van der Waals surface area contributed by atoms with Crippen molar-refractivity contribution in [2.75, 3.05) is 0 Å². The van der Waals surface area contributed by atoms with Gasteiger partial charge in [0, 0.05) is 0 Å². The van der Waals surface area contributed by atoms with Gasteiger partial charge in [-0.3, -0.25) is 4.79 Å². The quantitative estimate of drug-likeness (QED) is 0.661. The molecule has 8 heteroatoms. The highest BCUT2D eigenvalue weighted by molar-refractivity contribution is 7.89. The van der Waals surface area contributed by atoms with Gasteiger partial charge in [0.2, 0.25) is 15.9 Å². The Bertz CT molecular complexity index is 1100. The van der Waals surface area contributed by atoms with Gasteiger partial charge < -0.3 is 9.84 Å². The van der Waals surface area contributed by atoms with Crippen molar-refractivity contribution in [3.8, 4) is 0 Å². The molecule has 0 aliphatic heterocycles. The van der Waals surface area contributed by atoms with Crippen LogP contribution in [0.4, 0.5) is 0 Å². The van der Waals surface area contributed by atoms with Crippen LogP contribution in [0.1, 0.15) is 36.9 Å². The van der Waals surface area contributed by atoms with Gasteiger partial charge in [-0.15, -0.1) is 0 Å². The molecule has 0 radical (unpaired) electrons. The second-order valence-electron chi connectivity index (χ2n) is 6.79. The zero-order valence-electron chi connectivity index (χ0n) is 16.2. The normalized spacial score (nSPS) is 14.0. The zero-order valence-corrected chi connectivity index (χ0v) is 17.0. The van der Waals surface area contributed by atoms with Crippen molar-refractivity contribution < 1.29 is 17.7 Å². The summed E-state index contributed by atoms with van der Waals surface area (Å²) < 4.78 is 32.5. The van der Waals surface area contributed by atoms with Crippen LogP contribution in [0, 0.1) is 13.8 Å². The fraction of sp³-hybridized carbons (Fsp3) is 0.300. The van der Waals surface area contributed by atoms with Gasteiger partial charge in [0.15, 0.2) is 5.76 Å². The Kier molecular flexibility index (Phi) is 5.53. The van der Waals surface area contributed by atoms with Crippen LogP contribution in [0.3, 0.4) is 0 Å². The molecule has 2 N–H and O–H groups in total. The lowest BCUT2D eigenvalue weighted by Gasteiger charge is -2.20. The molecule has 0 saturated heterocycles. The second-order valence-corrected chi connectivity index (χ2v) is 8.45. The summed E-state index contributed by atoms with van der Waals surface area (Å²) in [5.74, 6) is -0.238. The highest BCUT2D eigenvalue weighted by atomic mass is 32.2. The second kappa shape index (κ2) is 7.73. The smallest absolute Gasteiger partial charge is 0.246 e. The van der Waals surface area contributed by atoms with E-state index in [0.29, 0.717) is 0 Å². The number of benzene rings is 2. The minimum absolute atomic E-state index is 0.0331. The lowest BCUT2D eigenvalue weighted by Crippen LogP contribution is -2.45. The van der Waals surface area contributed by atoms with Crippen LogP contribution in [0.15, 0.2) is 51.9 Å². The molecule has 3 rings (SSSR count). The van der Waals surface area contributed by atoms with Crippen molar-refractivity contribution in [1.29, 1.82) is 0 Å². The van der Waals surface area contributed by atoms with Crippen LogP contribution < -0.4 is 10.0 Å². The molecule has 2 atom stereocenters. The highest BCUT2D eigenvalue weighted by Crippen LogP contribution is 2.24. The summed E-state index contributed by atoms with van der Waals surface area (Å²) in [6, 6.07) is 12.6. The Balaban J connectivity index is 1.75. The van der Waals surface area contributed by atoms with E-state index in [-0.39, 0.29) is 22.4 Å². The van der Waals surface area contributed by atoms with Crippen molar-refractivity contribution in [2.24, 2.45) is 0 Å². The van der Waals surface area contributed by atoms with E-state index in [1.54, 1.807) is 6.92 Å². The third kappa shape index (κ3) is 3.93. The summed E-state index contributed by atoms with van der Waals surface area (Å²) >= 11 is 0. The first-order valence-corrected chi connectivity index (χ1v) is 10.4. The SMILES string of the molecule is Cc1noc(C)c1S(=O)(=O)N[C@@H](C)C(=O)N[C@@H](C)c1cccc2ccccc12. The van der Waals surface area contributed by atoms with Gasteiger partial charge in [0.05, 0.1) is 12.1 Å².